The van der Waals surface area contributed by atoms with E-state index in [4.69, 9.17) is 4.42 Å². The van der Waals surface area contributed by atoms with Crippen LogP contribution in [0.1, 0.15) is 42.7 Å². The van der Waals surface area contributed by atoms with Crippen molar-refractivity contribution in [2.75, 3.05) is 4.72 Å². The summed E-state index contributed by atoms with van der Waals surface area (Å²) >= 11 is 0. The average Bonchev–Trinajstić information content (AvgIpc) is 3.39. The molecule has 0 spiro atoms. The Bertz CT molecular complexity index is 1070. The first-order chi connectivity index (χ1) is 13.0. The predicted molar refractivity (Wildman–Crippen MR) is 105 cm³/mol. The van der Waals surface area contributed by atoms with Crippen LogP contribution in [0.4, 0.5) is 5.69 Å². The van der Waals surface area contributed by atoms with E-state index in [-0.39, 0.29) is 4.90 Å². The molecular formula is C21H22N2O3S. The maximum atomic E-state index is 12.9. The lowest BCUT2D eigenvalue weighted by molar-refractivity contribution is 0.509. The van der Waals surface area contributed by atoms with Crippen LogP contribution < -0.4 is 4.72 Å². The summed E-state index contributed by atoms with van der Waals surface area (Å²) in [6.07, 6.45) is 4.79. The topological polar surface area (TPSA) is 72.2 Å². The lowest BCUT2D eigenvalue weighted by Crippen LogP contribution is -2.14. The second kappa shape index (κ2) is 6.85. The molecule has 1 heterocycles. The van der Waals surface area contributed by atoms with E-state index in [1.165, 1.54) is 0 Å². The number of aryl methyl sites for hydroxylation is 2. The zero-order chi connectivity index (χ0) is 19.0. The highest BCUT2D eigenvalue weighted by atomic mass is 32.2. The third-order valence-electron chi connectivity index (χ3n) is 4.83. The Hall–Kier alpha value is -2.60. The van der Waals surface area contributed by atoms with Gasteiger partial charge in [-0.15, -0.1) is 0 Å². The maximum Gasteiger partial charge on any atom is 0.262 e. The molecule has 6 heteroatoms. The smallest absolute Gasteiger partial charge is 0.262 e. The van der Waals surface area contributed by atoms with Crippen molar-refractivity contribution in [3.05, 3.63) is 65.7 Å². The standard InChI is InChI=1S/C21H22N2O3S/c1-3-15-5-10-18(11-6-15)23-27(24,25)20-12-17(7-4-14(20)2)19-13-22-21(26-19)16-8-9-16/h4-7,10-13,16,23H,3,8-9H2,1-2H3. The van der Waals surface area contributed by atoms with Crippen molar-refractivity contribution in [3.63, 3.8) is 0 Å². The summed E-state index contributed by atoms with van der Waals surface area (Å²) < 4.78 is 34.3. The van der Waals surface area contributed by atoms with Crippen molar-refractivity contribution in [3.8, 4) is 11.3 Å². The average molecular weight is 382 g/mol. The molecule has 1 aliphatic carbocycles. The lowest BCUT2D eigenvalue weighted by atomic mass is 10.1. The molecule has 0 saturated heterocycles. The molecule has 2 aromatic carbocycles. The Morgan fingerprint density at radius 3 is 2.56 bits per heavy atom. The van der Waals surface area contributed by atoms with Crippen LogP contribution in [0.5, 0.6) is 0 Å². The quantitative estimate of drug-likeness (QED) is 0.659. The van der Waals surface area contributed by atoms with Crippen LogP contribution in [-0.4, -0.2) is 13.4 Å². The molecule has 1 aliphatic rings. The van der Waals surface area contributed by atoms with Crippen LogP contribution in [0.15, 0.2) is 58.0 Å². The molecule has 3 aromatic rings. The Morgan fingerprint density at radius 2 is 1.89 bits per heavy atom. The summed E-state index contributed by atoms with van der Waals surface area (Å²) in [5.74, 6) is 1.75. The first kappa shape index (κ1) is 17.8. The maximum absolute atomic E-state index is 12.9. The van der Waals surface area contributed by atoms with Crippen LogP contribution in [0, 0.1) is 6.92 Å². The molecule has 0 aliphatic heterocycles. The third kappa shape index (κ3) is 3.76. The number of sulfonamides is 1. The molecule has 0 unspecified atom stereocenters. The third-order valence-corrected chi connectivity index (χ3v) is 6.35. The van der Waals surface area contributed by atoms with Gasteiger partial charge in [0.1, 0.15) is 0 Å². The van der Waals surface area contributed by atoms with Gasteiger partial charge in [-0.2, -0.15) is 0 Å². The van der Waals surface area contributed by atoms with E-state index in [0.717, 1.165) is 30.7 Å². The number of hydrogen-bond donors (Lipinski definition) is 1. The Morgan fingerprint density at radius 1 is 1.15 bits per heavy atom. The number of hydrogen-bond acceptors (Lipinski definition) is 4. The van der Waals surface area contributed by atoms with E-state index in [2.05, 4.69) is 16.6 Å². The lowest BCUT2D eigenvalue weighted by Gasteiger charge is -2.12. The van der Waals surface area contributed by atoms with Gasteiger partial charge in [-0.1, -0.05) is 31.2 Å². The van der Waals surface area contributed by atoms with E-state index < -0.39 is 10.0 Å². The Kier molecular flexibility index (Phi) is 4.52. The van der Waals surface area contributed by atoms with Crippen LogP contribution in [0.25, 0.3) is 11.3 Å². The summed E-state index contributed by atoms with van der Waals surface area (Å²) in [5, 5.41) is 0. The first-order valence-corrected chi connectivity index (χ1v) is 10.6. The minimum atomic E-state index is -3.70. The van der Waals surface area contributed by atoms with E-state index in [1.807, 2.05) is 18.2 Å². The summed E-state index contributed by atoms with van der Waals surface area (Å²) in [7, 11) is -3.70. The molecule has 1 saturated carbocycles. The summed E-state index contributed by atoms with van der Waals surface area (Å²) in [5.41, 5.74) is 3.10. The summed E-state index contributed by atoms with van der Waals surface area (Å²) in [6, 6.07) is 12.7. The van der Waals surface area contributed by atoms with Crippen molar-refractivity contribution in [1.82, 2.24) is 4.98 Å². The van der Waals surface area contributed by atoms with E-state index in [1.54, 1.807) is 37.4 Å². The molecule has 0 radical (unpaired) electrons. The van der Waals surface area contributed by atoms with Crippen LogP contribution >= 0.6 is 0 Å². The first-order valence-electron chi connectivity index (χ1n) is 9.15. The molecule has 140 valence electrons. The van der Waals surface area contributed by atoms with Crippen molar-refractivity contribution >= 4 is 15.7 Å². The normalized spacial score (nSPS) is 14.3. The van der Waals surface area contributed by atoms with E-state index >= 15 is 0 Å². The second-order valence-electron chi connectivity index (χ2n) is 6.97. The van der Waals surface area contributed by atoms with Gasteiger partial charge in [0.15, 0.2) is 11.7 Å². The molecule has 0 bridgehead atoms. The molecule has 1 N–H and O–H groups in total. The Labute approximate surface area is 159 Å². The van der Waals surface area contributed by atoms with Gasteiger partial charge in [-0.25, -0.2) is 13.4 Å². The zero-order valence-corrected chi connectivity index (χ0v) is 16.2. The fourth-order valence-corrected chi connectivity index (χ4v) is 4.33. The molecule has 0 amide bonds. The predicted octanol–water partition coefficient (Wildman–Crippen LogP) is 4.89. The van der Waals surface area contributed by atoms with Crippen molar-refractivity contribution in [1.29, 1.82) is 0 Å². The minimum Gasteiger partial charge on any atom is -0.440 e. The van der Waals surface area contributed by atoms with Crippen LogP contribution in [-0.2, 0) is 16.4 Å². The van der Waals surface area contributed by atoms with E-state index in [9.17, 15) is 8.42 Å². The number of nitrogens with one attached hydrogen (secondary N) is 1. The molecule has 27 heavy (non-hydrogen) atoms. The highest BCUT2D eigenvalue weighted by Gasteiger charge is 2.29. The highest BCUT2D eigenvalue weighted by Crippen LogP contribution is 2.40. The van der Waals surface area contributed by atoms with Gasteiger partial charge < -0.3 is 4.42 Å². The Balaban J connectivity index is 1.64. The van der Waals surface area contributed by atoms with Gasteiger partial charge in [-0.3, -0.25) is 4.72 Å². The number of anilines is 1. The number of oxazole rings is 1. The fourth-order valence-electron chi connectivity index (χ4n) is 3.00. The van der Waals surface area contributed by atoms with Gasteiger partial charge >= 0.3 is 0 Å². The van der Waals surface area contributed by atoms with Crippen molar-refractivity contribution < 1.29 is 12.8 Å². The molecule has 0 atom stereocenters. The number of rotatable bonds is 6. The van der Waals surface area contributed by atoms with E-state index in [0.29, 0.717) is 28.5 Å². The molecule has 5 nitrogen and oxygen atoms in total. The number of aromatic nitrogens is 1. The van der Waals surface area contributed by atoms with Gasteiger partial charge in [0.05, 0.1) is 11.1 Å². The molecular weight excluding hydrogens is 360 g/mol. The van der Waals surface area contributed by atoms with Crippen LogP contribution in [0.2, 0.25) is 0 Å². The molecule has 4 rings (SSSR count). The van der Waals surface area contributed by atoms with Gasteiger partial charge in [-0.05, 0) is 55.5 Å². The fraction of sp³-hybridized carbons (Fsp3) is 0.286. The molecule has 1 fully saturated rings. The van der Waals surface area contributed by atoms with Gasteiger partial charge in [0, 0.05) is 17.2 Å². The minimum absolute atomic E-state index is 0.240. The van der Waals surface area contributed by atoms with Crippen LogP contribution in [0.3, 0.4) is 0 Å². The number of nitrogens with zero attached hydrogens (tertiary/aromatic N) is 1. The van der Waals surface area contributed by atoms with Crippen molar-refractivity contribution in [2.24, 2.45) is 0 Å². The van der Waals surface area contributed by atoms with Crippen molar-refractivity contribution in [2.45, 2.75) is 43.9 Å². The number of benzene rings is 2. The van der Waals surface area contributed by atoms with Gasteiger partial charge in [0.25, 0.3) is 10.0 Å². The largest absolute Gasteiger partial charge is 0.440 e. The highest BCUT2D eigenvalue weighted by molar-refractivity contribution is 7.92. The monoisotopic (exact) mass is 382 g/mol. The summed E-state index contributed by atoms with van der Waals surface area (Å²) in [4.78, 5) is 4.56. The zero-order valence-electron chi connectivity index (χ0n) is 15.4. The summed E-state index contributed by atoms with van der Waals surface area (Å²) in [6.45, 7) is 3.85. The SMILES string of the molecule is CCc1ccc(NS(=O)(=O)c2cc(-c3cnc(C4CC4)o3)ccc2C)cc1. The second-order valence-corrected chi connectivity index (χ2v) is 8.62. The molecule has 1 aromatic heterocycles. The van der Waals surface area contributed by atoms with Gasteiger partial charge in [0.2, 0.25) is 0 Å².